The number of aliphatic hydroxyl groups excluding tert-OH is 1. The number of para-hydroxylation sites is 1. The van der Waals surface area contributed by atoms with Crippen LogP contribution in [0.15, 0.2) is 24.3 Å². The number of fused-ring (bicyclic) bond motifs is 1. The Bertz CT molecular complexity index is 357. The van der Waals surface area contributed by atoms with Crippen molar-refractivity contribution in [1.29, 1.82) is 0 Å². The summed E-state index contributed by atoms with van der Waals surface area (Å²) >= 11 is 0. The van der Waals surface area contributed by atoms with E-state index in [4.69, 9.17) is 14.6 Å². The van der Waals surface area contributed by atoms with E-state index in [1.807, 2.05) is 12.1 Å². The van der Waals surface area contributed by atoms with Crippen molar-refractivity contribution in [1.82, 2.24) is 5.32 Å². The number of hydrogen-bond donors (Lipinski definition) is 2. The lowest BCUT2D eigenvalue weighted by Gasteiger charge is -2.10. The van der Waals surface area contributed by atoms with Crippen molar-refractivity contribution in [3.8, 4) is 5.75 Å². The molecule has 0 amide bonds. The third-order valence-corrected chi connectivity index (χ3v) is 3.07. The Hall–Kier alpha value is -1.10. The molecule has 1 aliphatic rings. The molecule has 1 aliphatic heterocycles. The molecule has 4 heteroatoms. The van der Waals surface area contributed by atoms with Crippen molar-refractivity contribution < 1.29 is 14.6 Å². The summed E-state index contributed by atoms with van der Waals surface area (Å²) in [5.41, 5.74) is 1.31. The van der Waals surface area contributed by atoms with Crippen LogP contribution in [0.5, 0.6) is 5.75 Å². The van der Waals surface area contributed by atoms with E-state index < -0.39 is 0 Å². The molecule has 1 atom stereocenters. The zero-order chi connectivity index (χ0) is 12.6. The predicted molar refractivity (Wildman–Crippen MR) is 70.1 cm³/mol. The molecule has 2 rings (SSSR count). The Balaban J connectivity index is 1.61. The summed E-state index contributed by atoms with van der Waals surface area (Å²) in [7, 11) is 0. The van der Waals surface area contributed by atoms with E-state index in [1.165, 1.54) is 5.56 Å². The van der Waals surface area contributed by atoms with Gasteiger partial charge in [0.25, 0.3) is 0 Å². The average Bonchev–Trinajstić information content (AvgIpc) is 2.81. The minimum absolute atomic E-state index is 0.101. The lowest BCUT2D eigenvalue weighted by atomic mass is 10.0. The molecule has 4 nitrogen and oxygen atoms in total. The van der Waals surface area contributed by atoms with Gasteiger partial charge >= 0.3 is 0 Å². The van der Waals surface area contributed by atoms with Gasteiger partial charge in [0.15, 0.2) is 0 Å². The molecule has 2 N–H and O–H groups in total. The van der Waals surface area contributed by atoms with Gasteiger partial charge in [0.05, 0.1) is 19.8 Å². The second-order valence-electron chi connectivity index (χ2n) is 4.44. The van der Waals surface area contributed by atoms with Crippen LogP contribution in [0.2, 0.25) is 0 Å². The Morgan fingerprint density at radius 1 is 1.33 bits per heavy atom. The first-order valence-corrected chi connectivity index (χ1v) is 6.53. The van der Waals surface area contributed by atoms with Gasteiger partial charge in [-0.1, -0.05) is 18.2 Å². The zero-order valence-corrected chi connectivity index (χ0v) is 10.6. The first-order valence-electron chi connectivity index (χ1n) is 6.53. The van der Waals surface area contributed by atoms with E-state index in [1.54, 1.807) is 0 Å². The number of nitrogens with one attached hydrogen (secondary N) is 1. The first kappa shape index (κ1) is 13.3. The van der Waals surface area contributed by atoms with E-state index in [0.717, 1.165) is 31.9 Å². The smallest absolute Gasteiger partial charge is 0.122 e. The molecular weight excluding hydrogens is 230 g/mol. The molecule has 0 saturated carbocycles. The molecule has 0 fully saturated rings. The highest BCUT2D eigenvalue weighted by Crippen LogP contribution is 2.32. The lowest BCUT2D eigenvalue weighted by Crippen LogP contribution is -2.24. The zero-order valence-electron chi connectivity index (χ0n) is 10.6. The molecule has 1 unspecified atom stereocenters. The molecule has 0 aromatic heterocycles. The van der Waals surface area contributed by atoms with Crippen LogP contribution in [0.4, 0.5) is 0 Å². The van der Waals surface area contributed by atoms with Crippen molar-refractivity contribution in [3.63, 3.8) is 0 Å². The Morgan fingerprint density at radius 3 is 3.11 bits per heavy atom. The van der Waals surface area contributed by atoms with Crippen LogP contribution in [0.3, 0.4) is 0 Å². The summed E-state index contributed by atoms with van der Waals surface area (Å²) in [5.74, 6) is 1.48. The van der Waals surface area contributed by atoms with Gasteiger partial charge in [-0.2, -0.15) is 0 Å². The van der Waals surface area contributed by atoms with E-state index in [2.05, 4.69) is 17.4 Å². The summed E-state index contributed by atoms with van der Waals surface area (Å²) in [5, 5.41) is 12.0. The summed E-state index contributed by atoms with van der Waals surface area (Å²) < 4.78 is 10.8. The number of aliphatic hydroxyl groups is 1. The van der Waals surface area contributed by atoms with Gasteiger partial charge in [0.1, 0.15) is 5.75 Å². The van der Waals surface area contributed by atoms with Crippen molar-refractivity contribution >= 4 is 0 Å². The molecule has 0 bridgehead atoms. The highest BCUT2D eigenvalue weighted by molar-refractivity contribution is 5.39. The second-order valence-corrected chi connectivity index (χ2v) is 4.44. The van der Waals surface area contributed by atoms with E-state index in [9.17, 15) is 0 Å². The average molecular weight is 251 g/mol. The van der Waals surface area contributed by atoms with Crippen LogP contribution in [0, 0.1) is 0 Å². The van der Waals surface area contributed by atoms with Crippen LogP contribution in [-0.2, 0) is 4.74 Å². The number of benzene rings is 1. The van der Waals surface area contributed by atoms with Gasteiger partial charge in [-0.05, 0) is 19.0 Å². The molecule has 0 radical (unpaired) electrons. The standard InChI is InChI=1S/C14H21NO3/c16-7-9-17-8-3-6-15-10-12-11-18-14-5-2-1-4-13(12)14/h1-2,4-5,12,15-16H,3,6-11H2. The van der Waals surface area contributed by atoms with Gasteiger partial charge in [0.2, 0.25) is 0 Å². The molecule has 0 aliphatic carbocycles. The SMILES string of the molecule is OCCOCCCNCC1COc2ccccc21. The molecule has 1 aromatic rings. The fraction of sp³-hybridized carbons (Fsp3) is 0.571. The van der Waals surface area contributed by atoms with Gasteiger partial charge < -0.3 is 19.9 Å². The minimum atomic E-state index is 0.101. The fourth-order valence-corrected chi connectivity index (χ4v) is 2.14. The van der Waals surface area contributed by atoms with Gasteiger partial charge in [-0.25, -0.2) is 0 Å². The minimum Gasteiger partial charge on any atom is -0.493 e. The van der Waals surface area contributed by atoms with Crippen molar-refractivity contribution in [3.05, 3.63) is 29.8 Å². The summed E-state index contributed by atoms with van der Waals surface area (Å²) in [6.45, 7) is 3.88. The number of hydrogen-bond acceptors (Lipinski definition) is 4. The van der Waals surface area contributed by atoms with Gasteiger partial charge in [-0.15, -0.1) is 0 Å². The van der Waals surface area contributed by atoms with Gasteiger partial charge in [-0.3, -0.25) is 0 Å². The summed E-state index contributed by atoms with van der Waals surface area (Å²) in [6.07, 6.45) is 0.967. The van der Waals surface area contributed by atoms with E-state index >= 15 is 0 Å². The van der Waals surface area contributed by atoms with Gasteiger partial charge in [0, 0.05) is 24.6 Å². The number of ether oxygens (including phenoxy) is 2. The van der Waals surface area contributed by atoms with Crippen LogP contribution < -0.4 is 10.1 Å². The normalized spacial score (nSPS) is 17.5. The second kappa shape index (κ2) is 7.36. The lowest BCUT2D eigenvalue weighted by molar-refractivity contribution is 0.0907. The van der Waals surface area contributed by atoms with Crippen LogP contribution in [0.1, 0.15) is 17.9 Å². The van der Waals surface area contributed by atoms with Crippen LogP contribution >= 0.6 is 0 Å². The summed E-state index contributed by atoms with van der Waals surface area (Å²) in [6, 6.07) is 8.23. The van der Waals surface area contributed by atoms with E-state index in [0.29, 0.717) is 19.1 Å². The molecule has 0 saturated heterocycles. The molecule has 1 aromatic carbocycles. The highest BCUT2D eigenvalue weighted by Gasteiger charge is 2.22. The third-order valence-electron chi connectivity index (χ3n) is 3.07. The van der Waals surface area contributed by atoms with Crippen molar-refractivity contribution in [2.75, 3.05) is 39.5 Å². The quantitative estimate of drug-likeness (QED) is 0.681. The molecule has 18 heavy (non-hydrogen) atoms. The molecule has 0 spiro atoms. The first-order chi connectivity index (χ1) is 8.92. The summed E-state index contributed by atoms with van der Waals surface area (Å²) in [4.78, 5) is 0. The number of rotatable bonds is 8. The monoisotopic (exact) mass is 251 g/mol. The fourth-order valence-electron chi connectivity index (χ4n) is 2.14. The van der Waals surface area contributed by atoms with Crippen LogP contribution in [-0.4, -0.2) is 44.6 Å². The predicted octanol–water partition coefficient (Wildman–Crippen LogP) is 1.15. The molecule has 1 heterocycles. The molecule has 100 valence electrons. The highest BCUT2D eigenvalue weighted by atomic mass is 16.5. The maximum Gasteiger partial charge on any atom is 0.122 e. The maximum absolute atomic E-state index is 8.55. The maximum atomic E-state index is 8.55. The van der Waals surface area contributed by atoms with Crippen LogP contribution in [0.25, 0.3) is 0 Å². The Labute approximate surface area is 108 Å². The molecular formula is C14H21NO3. The van der Waals surface area contributed by atoms with E-state index in [-0.39, 0.29) is 6.61 Å². The largest absolute Gasteiger partial charge is 0.493 e. The van der Waals surface area contributed by atoms with Crippen molar-refractivity contribution in [2.45, 2.75) is 12.3 Å². The third kappa shape index (κ3) is 3.70. The Morgan fingerprint density at radius 2 is 2.22 bits per heavy atom. The van der Waals surface area contributed by atoms with Crippen molar-refractivity contribution in [2.24, 2.45) is 0 Å². The Kier molecular flexibility index (Phi) is 5.45. The topological polar surface area (TPSA) is 50.7 Å².